The summed E-state index contributed by atoms with van der Waals surface area (Å²) in [6, 6.07) is 0. The number of nitrogens with zero attached hydrogens (tertiary/aromatic N) is 3. The van der Waals surface area contributed by atoms with Crippen molar-refractivity contribution in [3.8, 4) is 0 Å². The van der Waals surface area contributed by atoms with E-state index in [-0.39, 0.29) is 11.8 Å². The van der Waals surface area contributed by atoms with Gasteiger partial charge in [-0.15, -0.1) is 11.3 Å². The maximum absolute atomic E-state index is 8.55. The van der Waals surface area contributed by atoms with Gasteiger partial charge in [0.15, 0.2) is 5.13 Å². The molecule has 1 heterocycles. The Hall–Kier alpha value is -1.30. The summed E-state index contributed by atoms with van der Waals surface area (Å²) in [6.07, 6.45) is 1.77. The molecule has 0 fully saturated rings. The van der Waals surface area contributed by atoms with E-state index in [0.717, 1.165) is 11.7 Å². The second kappa shape index (κ2) is 5.55. The number of oxime groups is 1. The fourth-order valence-corrected chi connectivity index (χ4v) is 1.96. The highest BCUT2D eigenvalue weighted by molar-refractivity contribution is 7.13. The Morgan fingerprint density at radius 2 is 2.53 bits per heavy atom. The lowest BCUT2D eigenvalue weighted by molar-refractivity contribution is 0.314. The van der Waals surface area contributed by atoms with E-state index < -0.39 is 0 Å². The van der Waals surface area contributed by atoms with E-state index in [2.05, 4.69) is 22.0 Å². The van der Waals surface area contributed by atoms with E-state index in [1.165, 1.54) is 0 Å². The summed E-state index contributed by atoms with van der Waals surface area (Å²) in [6.45, 7) is 5.54. The Kier molecular flexibility index (Phi) is 4.36. The third kappa shape index (κ3) is 3.09. The first-order chi connectivity index (χ1) is 7.19. The zero-order valence-electron chi connectivity index (χ0n) is 8.92. The number of thiazole rings is 1. The van der Waals surface area contributed by atoms with Crippen molar-refractivity contribution in [2.24, 2.45) is 16.8 Å². The first-order valence-electron chi connectivity index (χ1n) is 4.80. The lowest BCUT2D eigenvalue weighted by Crippen LogP contribution is -2.34. The van der Waals surface area contributed by atoms with Crippen LogP contribution in [0.1, 0.15) is 13.8 Å². The molecular weight excluding hydrogens is 212 g/mol. The van der Waals surface area contributed by atoms with Crippen molar-refractivity contribution in [3.05, 3.63) is 11.6 Å². The zero-order valence-corrected chi connectivity index (χ0v) is 9.74. The third-order valence-corrected chi connectivity index (χ3v) is 3.02. The SMILES string of the molecule is CCN(CC(C)C(N)=NO)c1nccs1. The molecule has 84 valence electrons. The number of aromatic nitrogens is 1. The molecule has 1 rings (SSSR count). The van der Waals surface area contributed by atoms with Crippen LogP contribution in [0.25, 0.3) is 0 Å². The zero-order chi connectivity index (χ0) is 11.3. The molecule has 0 bridgehead atoms. The molecule has 1 aromatic heterocycles. The van der Waals surface area contributed by atoms with Crippen LogP contribution in [0.15, 0.2) is 16.7 Å². The fraction of sp³-hybridized carbons (Fsp3) is 0.556. The number of anilines is 1. The second-order valence-corrected chi connectivity index (χ2v) is 4.15. The number of rotatable bonds is 5. The van der Waals surface area contributed by atoms with Crippen LogP contribution in [0, 0.1) is 5.92 Å². The minimum Gasteiger partial charge on any atom is -0.409 e. The maximum atomic E-state index is 8.55. The van der Waals surface area contributed by atoms with Crippen molar-refractivity contribution in [3.63, 3.8) is 0 Å². The molecule has 0 radical (unpaired) electrons. The third-order valence-electron chi connectivity index (χ3n) is 2.19. The summed E-state index contributed by atoms with van der Waals surface area (Å²) in [5.41, 5.74) is 5.53. The van der Waals surface area contributed by atoms with E-state index in [1.54, 1.807) is 17.5 Å². The van der Waals surface area contributed by atoms with Gasteiger partial charge >= 0.3 is 0 Å². The second-order valence-electron chi connectivity index (χ2n) is 3.28. The van der Waals surface area contributed by atoms with Crippen molar-refractivity contribution in [1.82, 2.24) is 4.98 Å². The first-order valence-corrected chi connectivity index (χ1v) is 5.68. The van der Waals surface area contributed by atoms with Gasteiger partial charge in [-0.05, 0) is 6.92 Å². The van der Waals surface area contributed by atoms with Gasteiger partial charge in [-0.25, -0.2) is 4.98 Å². The fourth-order valence-electron chi connectivity index (χ4n) is 1.24. The van der Waals surface area contributed by atoms with Gasteiger partial charge in [0.25, 0.3) is 0 Å². The van der Waals surface area contributed by atoms with E-state index in [9.17, 15) is 0 Å². The van der Waals surface area contributed by atoms with E-state index in [4.69, 9.17) is 10.9 Å². The molecule has 5 nitrogen and oxygen atoms in total. The number of hydrogen-bond donors (Lipinski definition) is 2. The Balaban J connectivity index is 2.62. The van der Waals surface area contributed by atoms with E-state index >= 15 is 0 Å². The summed E-state index contributed by atoms with van der Waals surface area (Å²) in [7, 11) is 0. The molecule has 3 N–H and O–H groups in total. The average molecular weight is 228 g/mol. The van der Waals surface area contributed by atoms with Gasteiger partial charge in [-0.1, -0.05) is 12.1 Å². The van der Waals surface area contributed by atoms with Gasteiger partial charge in [0.05, 0.1) is 0 Å². The van der Waals surface area contributed by atoms with Gasteiger partial charge < -0.3 is 15.8 Å². The van der Waals surface area contributed by atoms with Gasteiger partial charge in [-0.2, -0.15) is 0 Å². The van der Waals surface area contributed by atoms with Gasteiger partial charge in [0, 0.05) is 30.6 Å². The van der Waals surface area contributed by atoms with Crippen LogP contribution in [-0.4, -0.2) is 29.1 Å². The van der Waals surface area contributed by atoms with E-state index in [0.29, 0.717) is 6.54 Å². The van der Waals surface area contributed by atoms with Crippen molar-refractivity contribution in [2.45, 2.75) is 13.8 Å². The van der Waals surface area contributed by atoms with Crippen LogP contribution in [0.3, 0.4) is 0 Å². The molecule has 0 aliphatic heterocycles. The standard InChI is InChI=1S/C9H16N4OS/c1-3-13(9-11-4-5-15-9)6-7(2)8(10)12-14/h4-5,7,14H,3,6H2,1-2H3,(H2,10,12). The van der Waals surface area contributed by atoms with Crippen LogP contribution < -0.4 is 10.6 Å². The van der Waals surface area contributed by atoms with Crippen LogP contribution >= 0.6 is 11.3 Å². The van der Waals surface area contributed by atoms with E-state index in [1.807, 2.05) is 12.3 Å². The highest BCUT2D eigenvalue weighted by atomic mass is 32.1. The highest BCUT2D eigenvalue weighted by Gasteiger charge is 2.14. The van der Waals surface area contributed by atoms with Crippen LogP contribution in [0.2, 0.25) is 0 Å². The molecule has 6 heteroatoms. The molecule has 0 spiro atoms. The highest BCUT2D eigenvalue weighted by Crippen LogP contribution is 2.18. The number of amidine groups is 1. The summed E-state index contributed by atoms with van der Waals surface area (Å²) in [5.74, 6) is 0.267. The Morgan fingerprint density at radius 3 is 3.00 bits per heavy atom. The quantitative estimate of drug-likeness (QED) is 0.345. The summed E-state index contributed by atoms with van der Waals surface area (Å²) in [5, 5.41) is 14.5. The first kappa shape index (κ1) is 11.8. The molecule has 0 amide bonds. The van der Waals surface area contributed by atoms with Crippen LogP contribution in [-0.2, 0) is 0 Å². The predicted molar refractivity (Wildman–Crippen MR) is 62.6 cm³/mol. The molecule has 0 aliphatic carbocycles. The van der Waals surface area contributed by atoms with Gasteiger partial charge in [-0.3, -0.25) is 0 Å². The summed E-state index contributed by atoms with van der Waals surface area (Å²) >= 11 is 1.59. The normalized spacial score (nSPS) is 13.9. The predicted octanol–water partition coefficient (Wildman–Crippen LogP) is 1.35. The average Bonchev–Trinajstić information content (AvgIpc) is 2.77. The molecule has 0 saturated carbocycles. The molecule has 1 atom stereocenters. The van der Waals surface area contributed by atoms with Crippen molar-refractivity contribution < 1.29 is 5.21 Å². The van der Waals surface area contributed by atoms with Crippen molar-refractivity contribution in [1.29, 1.82) is 0 Å². The summed E-state index contributed by atoms with van der Waals surface area (Å²) < 4.78 is 0. The van der Waals surface area contributed by atoms with Gasteiger partial charge in [0.2, 0.25) is 0 Å². The lowest BCUT2D eigenvalue weighted by Gasteiger charge is -2.23. The Bertz CT molecular complexity index is 312. The van der Waals surface area contributed by atoms with Crippen molar-refractivity contribution >= 4 is 22.3 Å². The van der Waals surface area contributed by atoms with Crippen LogP contribution in [0.4, 0.5) is 5.13 Å². The Labute approximate surface area is 93.2 Å². The van der Waals surface area contributed by atoms with Crippen LogP contribution in [0.5, 0.6) is 0 Å². The number of hydrogen-bond acceptors (Lipinski definition) is 5. The summed E-state index contributed by atoms with van der Waals surface area (Å²) in [4.78, 5) is 6.33. The smallest absolute Gasteiger partial charge is 0.185 e. The molecule has 0 aromatic carbocycles. The Morgan fingerprint density at radius 1 is 1.80 bits per heavy atom. The largest absolute Gasteiger partial charge is 0.409 e. The maximum Gasteiger partial charge on any atom is 0.185 e. The van der Waals surface area contributed by atoms with Gasteiger partial charge in [0.1, 0.15) is 5.84 Å². The number of nitrogens with two attached hydrogens (primary N) is 1. The minimum atomic E-state index is 0.0128. The minimum absolute atomic E-state index is 0.0128. The molecule has 1 aromatic rings. The molecule has 15 heavy (non-hydrogen) atoms. The topological polar surface area (TPSA) is 74.7 Å². The monoisotopic (exact) mass is 228 g/mol. The molecule has 1 unspecified atom stereocenters. The molecule has 0 aliphatic rings. The van der Waals surface area contributed by atoms with Crippen molar-refractivity contribution in [2.75, 3.05) is 18.0 Å². The molecular formula is C9H16N4OS. The molecule has 0 saturated heterocycles. The lowest BCUT2D eigenvalue weighted by atomic mass is 10.1.